The van der Waals surface area contributed by atoms with Gasteiger partial charge in [0.15, 0.2) is 0 Å². The molecule has 6 rings (SSSR count). The molecule has 4 heterocycles. The predicted octanol–water partition coefficient (Wildman–Crippen LogP) is 4.44. The number of hydrogen-bond donors (Lipinski definition) is 1. The molecule has 1 aliphatic carbocycles. The maximum atomic E-state index is 13.1. The van der Waals surface area contributed by atoms with Gasteiger partial charge in [-0.25, -0.2) is 0 Å². The third kappa shape index (κ3) is 2.95. The lowest BCUT2D eigenvalue weighted by molar-refractivity contribution is -0.0377. The highest BCUT2D eigenvalue weighted by atomic mass is 32.1. The minimum Gasteiger partial charge on any atom is -0.489 e. The molecule has 3 saturated heterocycles. The number of carbonyl (C=O) groups is 1. The Morgan fingerprint density at radius 3 is 2.67 bits per heavy atom. The highest BCUT2D eigenvalue weighted by Crippen LogP contribution is 2.40. The van der Waals surface area contributed by atoms with Crippen LogP contribution in [0.2, 0.25) is 0 Å². The summed E-state index contributed by atoms with van der Waals surface area (Å²) in [6, 6.07) is 8.39. The monoisotopic (exact) mass is 384 g/mol. The van der Waals surface area contributed by atoms with Gasteiger partial charge in [0.1, 0.15) is 5.75 Å². The van der Waals surface area contributed by atoms with Gasteiger partial charge in [-0.2, -0.15) is 0 Å². The molecule has 5 heteroatoms. The summed E-state index contributed by atoms with van der Waals surface area (Å²) in [6.07, 6.45) is 6.28. The molecule has 4 fully saturated rings. The molecular formula is C22H28N2O2S. The van der Waals surface area contributed by atoms with E-state index < -0.39 is 0 Å². The normalized spacial score (nSPS) is 29.5. The third-order valence-corrected chi connectivity index (χ3v) is 8.12. The summed E-state index contributed by atoms with van der Waals surface area (Å²) in [6.45, 7) is 6.88. The van der Waals surface area contributed by atoms with Gasteiger partial charge >= 0.3 is 0 Å². The van der Waals surface area contributed by atoms with Crippen molar-refractivity contribution in [1.82, 2.24) is 10.2 Å². The largest absolute Gasteiger partial charge is 0.489 e. The number of benzene rings is 1. The number of thiophene rings is 1. The molecular weight excluding hydrogens is 356 g/mol. The molecule has 1 saturated carbocycles. The van der Waals surface area contributed by atoms with Crippen LogP contribution in [0.25, 0.3) is 10.1 Å². The van der Waals surface area contributed by atoms with Crippen LogP contribution in [-0.2, 0) is 0 Å². The summed E-state index contributed by atoms with van der Waals surface area (Å²) in [5.74, 6) is 1.60. The topological polar surface area (TPSA) is 41.6 Å². The molecule has 27 heavy (non-hydrogen) atoms. The maximum absolute atomic E-state index is 13.1. The fraction of sp³-hybridized carbons (Fsp3) is 0.591. The molecule has 1 atom stereocenters. The van der Waals surface area contributed by atoms with Crippen LogP contribution < -0.4 is 10.1 Å². The predicted molar refractivity (Wildman–Crippen MR) is 110 cm³/mol. The molecule has 4 aliphatic rings. The van der Waals surface area contributed by atoms with Crippen LogP contribution in [-0.4, -0.2) is 41.6 Å². The van der Waals surface area contributed by atoms with Gasteiger partial charge < -0.3 is 10.1 Å². The van der Waals surface area contributed by atoms with E-state index in [4.69, 9.17) is 4.74 Å². The Hall–Kier alpha value is -1.59. The third-order valence-electron chi connectivity index (χ3n) is 6.95. The molecule has 2 aromatic rings. The van der Waals surface area contributed by atoms with Crippen molar-refractivity contribution in [2.24, 2.45) is 5.92 Å². The first-order valence-electron chi connectivity index (χ1n) is 10.3. The van der Waals surface area contributed by atoms with E-state index >= 15 is 0 Å². The molecule has 1 N–H and O–H groups in total. The van der Waals surface area contributed by atoms with Crippen molar-refractivity contribution < 1.29 is 9.53 Å². The summed E-state index contributed by atoms with van der Waals surface area (Å²) in [7, 11) is 0. The van der Waals surface area contributed by atoms with Crippen LogP contribution in [0.15, 0.2) is 24.3 Å². The van der Waals surface area contributed by atoms with Gasteiger partial charge in [0.25, 0.3) is 5.91 Å². The van der Waals surface area contributed by atoms with Gasteiger partial charge in [0.2, 0.25) is 0 Å². The van der Waals surface area contributed by atoms with E-state index in [0.29, 0.717) is 12.0 Å². The van der Waals surface area contributed by atoms with Crippen LogP contribution >= 0.6 is 11.3 Å². The van der Waals surface area contributed by atoms with Crippen molar-refractivity contribution in [3.63, 3.8) is 0 Å². The summed E-state index contributed by atoms with van der Waals surface area (Å²) in [5.41, 5.74) is 0.0337. The molecule has 1 aromatic heterocycles. The Morgan fingerprint density at radius 2 is 2.00 bits per heavy atom. The Labute approximate surface area is 164 Å². The molecule has 0 radical (unpaired) electrons. The number of rotatable bonds is 4. The van der Waals surface area contributed by atoms with Crippen LogP contribution in [0.1, 0.15) is 55.6 Å². The molecule has 0 unspecified atom stereocenters. The summed E-state index contributed by atoms with van der Waals surface area (Å²) >= 11 is 1.57. The minimum atomic E-state index is 0.0337. The van der Waals surface area contributed by atoms with E-state index in [1.54, 1.807) is 11.3 Å². The van der Waals surface area contributed by atoms with E-state index in [0.717, 1.165) is 46.6 Å². The van der Waals surface area contributed by atoms with E-state index in [1.165, 1.54) is 19.3 Å². The first-order chi connectivity index (χ1) is 13.0. The smallest absolute Gasteiger partial charge is 0.261 e. The van der Waals surface area contributed by atoms with Gasteiger partial charge in [0.05, 0.1) is 15.7 Å². The van der Waals surface area contributed by atoms with E-state index in [1.807, 2.05) is 18.2 Å². The van der Waals surface area contributed by atoms with Gasteiger partial charge in [-0.05, 0) is 82.5 Å². The van der Waals surface area contributed by atoms with Crippen LogP contribution in [0.4, 0.5) is 0 Å². The van der Waals surface area contributed by atoms with Crippen molar-refractivity contribution in [1.29, 1.82) is 0 Å². The zero-order valence-corrected chi connectivity index (χ0v) is 17.0. The highest BCUT2D eigenvalue weighted by Gasteiger charge is 2.48. The molecule has 3 aliphatic heterocycles. The maximum Gasteiger partial charge on any atom is 0.261 e. The standard InChI is InChI=1S/C22H28N2O2S/c1-22(2)20(14-9-11-24(22)12-10-14)23-21(25)18-13-15-5-3-8-17(19(15)27-18)26-16-6-4-7-16/h3,5,8,13-14,16,20H,4,6-7,9-12H2,1-2H3,(H,23,25)/t20-/m1/s1. The lowest BCUT2D eigenvalue weighted by Gasteiger charge is -2.56. The molecule has 1 amide bonds. The number of amides is 1. The average molecular weight is 385 g/mol. The molecule has 0 spiro atoms. The van der Waals surface area contributed by atoms with Crippen LogP contribution in [0.3, 0.4) is 0 Å². The average Bonchev–Trinajstić information content (AvgIpc) is 3.06. The molecule has 2 bridgehead atoms. The van der Waals surface area contributed by atoms with Crippen molar-refractivity contribution in [2.45, 2.75) is 63.6 Å². The second-order valence-corrected chi connectivity index (χ2v) is 9.94. The fourth-order valence-corrected chi connectivity index (χ4v) is 6.02. The second kappa shape index (κ2) is 6.49. The van der Waals surface area contributed by atoms with Gasteiger partial charge in [-0.3, -0.25) is 9.69 Å². The Bertz CT molecular complexity index is 862. The molecule has 144 valence electrons. The Kier molecular flexibility index (Phi) is 4.21. The number of fused-ring (bicyclic) bond motifs is 4. The summed E-state index contributed by atoms with van der Waals surface area (Å²) in [4.78, 5) is 16.4. The second-order valence-electron chi connectivity index (χ2n) is 8.89. The first kappa shape index (κ1) is 17.5. The van der Waals surface area contributed by atoms with Gasteiger partial charge in [-0.1, -0.05) is 12.1 Å². The van der Waals surface area contributed by atoms with E-state index in [-0.39, 0.29) is 17.5 Å². The number of hydrogen-bond acceptors (Lipinski definition) is 4. The van der Waals surface area contributed by atoms with Crippen molar-refractivity contribution in [2.75, 3.05) is 13.1 Å². The van der Waals surface area contributed by atoms with Gasteiger partial charge in [0, 0.05) is 11.6 Å². The number of ether oxygens (including phenoxy) is 1. The number of piperidine rings is 3. The van der Waals surface area contributed by atoms with E-state index in [2.05, 4.69) is 30.1 Å². The highest BCUT2D eigenvalue weighted by molar-refractivity contribution is 7.21. The quantitative estimate of drug-likeness (QED) is 0.848. The minimum absolute atomic E-state index is 0.0337. The fourth-order valence-electron chi connectivity index (χ4n) is 5.00. The molecule has 1 aromatic carbocycles. The lowest BCUT2D eigenvalue weighted by atomic mass is 9.72. The number of nitrogens with one attached hydrogen (secondary N) is 1. The van der Waals surface area contributed by atoms with Crippen molar-refractivity contribution in [3.05, 3.63) is 29.1 Å². The van der Waals surface area contributed by atoms with E-state index in [9.17, 15) is 4.79 Å². The van der Waals surface area contributed by atoms with Gasteiger partial charge in [-0.15, -0.1) is 11.3 Å². The Balaban J connectivity index is 1.38. The number of nitrogens with zero attached hydrogens (tertiary/aromatic N) is 1. The van der Waals surface area contributed by atoms with Crippen molar-refractivity contribution in [3.8, 4) is 5.75 Å². The lowest BCUT2D eigenvalue weighted by Crippen LogP contribution is -2.69. The zero-order valence-electron chi connectivity index (χ0n) is 16.2. The van der Waals surface area contributed by atoms with Crippen LogP contribution in [0, 0.1) is 5.92 Å². The number of carbonyl (C=O) groups excluding carboxylic acids is 1. The SMILES string of the molecule is CC1(C)[C@H](NC(=O)c2cc3cccc(OC4CCC4)c3s2)C2CCN1CC2. The summed E-state index contributed by atoms with van der Waals surface area (Å²) in [5, 5.41) is 4.50. The first-order valence-corrected chi connectivity index (χ1v) is 11.1. The summed E-state index contributed by atoms with van der Waals surface area (Å²) < 4.78 is 7.25. The molecule has 4 nitrogen and oxygen atoms in total. The zero-order chi connectivity index (χ0) is 18.6. The van der Waals surface area contributed by atoms with Crippen LogP contribution in [0.5, 0.6) is 5.75 Å². The Morgan fingerprint density at radius 1 is 1.22 bits per heavy atom. The van der Waals surface area contributed by atoms with Crippen molar-refractivity contribution >= 4 is 27.3 Å².